The number of anilines is 1. The second-order valence-electron chi connectivity index (χ2n) is 4.48. The molecule has 0 fully saturated rings. The molecule has 8 heteroatoms. The summed E-state index contributed by atoms with van der Waals surface area (Å²) in [6.45, 7) is 4.95. The third-order valence-corrected chi connectivity index (χ3v) is 3.61. The van der Waals surface area contributed by atoms with Crippen molar-refractivity contribution >= 4 is 28.3 Å². The first kappa shape index (κ1) is 15.2. The molecule has 0 saturated heterocycles. The molecular formula is C13H15N3O4S. The number of nitrogens with zero attached hydrogens (tertiary/aromatic N) is 2. The summed E-state index contributed by atoms with van der Waals surface area (Å²) in [5.41, 5.74) is 2.16. The quantitative estimate of drug-likeness (QED) is 0.846. The maximum absolute atomic E-state index is 11.7. The lowest BCUT2D eigenvalue weighted by atomic mass is 10.1. The van der Waals surface area contributed by atoms with E-state index in [1.54, 1.807) is 13.8 Å². The van der Waals surface area contributed by atoms with E-state index in [0.717, 1.165) is 5.69 Å². The predicted molar refractivity (Wildman–Crippen MR) is 76.1 cm³/mol. The molecule has 0 spiro atoms. The van der Waals surface area contributed by atoms with Crippen LogP contribution in [0.4, 0.5) is 5.13 Å². The van der Waals surface area contributed by atoms with E-state index >= 15 is 0 Å². The van der Waals surface area contributed by atoms with E-state index in [-0.39, 0.29) is 13.0 Å². The SMILES string of the molecule is Cc1csc(NC(=O)COC(=O)Cc2c(C)noc2C)n1. The summed E-state index contributed by atoms with van der Waals surface area (Å²) < 4.78 is 9.88. The molecule has 0 aliphatic carbocycles. The van der Waals surface area contributed by atoms with Crippen molar-refractivity contribution in [3.63, 3.8) is 0 Å². The standard InChI is InChI=1S/C13H15N3O4S/c1-7-6-21-13(14-7)15-11(17)5-19-12(18)4-10-8(2)16-20-9(10)3/h6H,4-5H2,1-3H3,(H,14,15,17). The number of carbonyl (C=O) groups excluding carboxylic acids is 2. The maximum Gasteiger partial charge on any atom is 0.310 e. The fourth-order valence-corrected chi connectivity index (χ4v) is 2.37. The zero-order valence-electron chi connectivity index (χ0n) is 11.9. The van der Waals surface area contributed by atoms with Crippen molar-refractivity contribution in [1.29, 1.82) is 0 Å². The van der Waals surface area contributed by atoms with Gasteiger partial charge < -0.3 is 9.26 Å². The first-order valence-electron chi connectivity index (χ1n) is 6.25. The highest BCUT2D eigenvalue weighted by Crippen LogP contribution is 2.15. The number of carbonyl (C=O) groups is 2. The van der Waals surface area contributed by atoms with E-state index in [9.17, 15) is 9.59 Å². The molecule has 1 amide bonds. The van der Waals surface area contributed by atoms with Crippen LogP contribution in [0.3, 0.4) is 0 Å². The van der Waals surface area contributed by atoms with Crippen LogP contribution < -0.4 is 5.32 Å². The van der Waals surface area contributed by atoms with Crippen LogP contribution in [0.1, 0.15) is 22.7 Å². The number of thiazole rings is 1. The van der Waals surface area contributed by atoms with Crippen molar-refractivity contribution in [1.82, 2.24) is 10.1 Å². The number of ether oxygens (including phenoxy) is 1. The van der Waals surface area contributed by atoms with Crippen molar-refractivity contribution < 1.29 is 18.8 Å². The number of rotatable bonds is 5. The van der Waals surface area contributed by atoms with E-state index in [1.807, 2.05) is 12.3 Å². The third kappa shape index (κ3) is 4.12. The van der Waals surface area contributed by atoms with Gasteiger partial charge in [0, 0.05) is 10.9 Å². The van der Waals surface area contributed by atoms with Gasteiger partial charge in [-0.1, -0.05) is 5.16 Å². The minimum absolute atomic E-state index is 0.0325. The predicted octanol–water partition coefficient (Wildman–Crippen LogP) is 1.78. The van der Waals surface area contributed by atoms with Gasteiger partial charge in [-0.2, -0.15) is 0 Å². The van der Waals surface area contributed by atoms with Gasteiger partial charge in [-0.05, 0) is 20.8 Å². The molecule has 21 heavy (non-hydrogen) atoms. The molecule has 0 atom stereocenters. The van der Waals surface area contributed by atoms with E-state index < -0.39 is 11.9 Å². The fourth-order valence-electron chi connectivity index (χ4n) is 1.66. The average Bonchev–Trinajstić information content (AvgIpc) is 2.97. The third-order valence-electron chi connectivity index (χ3n) is 2.73. The van der Waals surface area contributed by atoms with Crippen molar-refractivity contribution in [2.45, 2.75) is 27.2 Å². The molecule has 0 aliphatic heterocycles. The maximum atomic E-state index is 11.7. The Labute approximate surface area is 125 Å². The number of aryl methyl sites for hydroxylation is 3. The number of nitrogens with one attached hydrogen (secondary N) is 1. The second-order valence-corrected chi connectivity index (χ2v) is 5.34. The largest absolute Gasteiger partial charge is 0.455 e. The number of esters is 1. The molecule has 0 bridgehead atoms. The molecular weight excluding hydrogens is 294 g/mol. The molecule has 1 N–H and O–H groups in total. The van der Waals surface area contributed by atoms with Crippen molar-refractivity contribution in [2.75, 3.05) is 11.9 Å². The van der Waals surface area contributed by atoms with Crippen LogP contribution in [-0.2, 0) is 20.7 Å². The summed E-state index contributed by atoms with van der Waals surface area (Å²) in [4.78, 5) is 27.4. The zero-order valence-corrected chi connectivity index (χ0v) is 12.7. The molecule has 7 nitrogen and oxygen atoms in total. The Morgan fingerprint density at radius 1 is 1.38 bits per heavy atom. The number of hydrogen-bond acceptors (Lipinski definition) is 7. The second kappa shape index (κ2) is 6.49. The zero-order chi connectivity index (χ0) is 15.4. The van der Waals surface area contributed by atoms with E-state index in [1.165, 1.54) is 11.3 Å². The molecule has 0 unspecified atom stereocenters. The fraction of sp³-hybridized carbons (Fsp3) is 0.385. The molecule has 2 aromatic rings. The molecule has 2 heterocycles. The highest BCUT2D eigenvalue weighted by molar-refractivity contribution is 7.13. The molecule has 112 valence electrons. The minimum atomic E-state index is -0.505. The van der Waals surface area contributed by atoms with E-state index in [4.69, 9.17) is 9.26 Å². The Balaban J connectivity index is 1.80. The summed E-state index contributed by atoms with van der Waals surface area (Å²) in [7, 11) is 0. The first-order valence-corrected chi connectivity index (χ1v) is 7.13. The molecule has 0 aliphatic rings. The summed E-state index contributed by atoms with van der Waals surface area (Å²) >= 11 is 1.32. The smallest absolute Gasteiger partial charge is 0.310 e. The molecule has 2 aromatic heterocycles. The van der Waals surface area contributed by atoms with Crippen molar-refractivity contribution in [2.24, 2.45) is 0 Å². The average molecular weight is 309 g/mol. The normalized spacial score (nSPS) is 10.4. The monoisotopic (exact) mass is 309 g/mol. The lowest BCUT2D eigenvalue weighted by molar-refractivity contribution is -0.146. The van der Waals surface area contributed by atoms with Crippen LogP contribution in [0, 0.1) is 20.8 Å². The van der Waals surface area contributed by atoms with Crippen molar-refractivity contribution in [3.05, 3.63) is 28.1 Å². The molecule has 0 saturated carbocycles. The van der Waals surface area contributed by atoms with Gasteiger partial charge >= 0.3 is 5.97 Å². The number of hydrogen-bond donors (Lipinski definition) is 1. The Morgan fingerprint density at radius 3 is 2.71 bits per heavy atom. The Bertz CT molecular complexity index is 643. The van der Waals surface area contributed by atoms with Crippen LogP contribution in [0.2, 0.25) is 0 Å². The first-order chi connectivity index (χ1) is 9.95. The van der Waals surface area contributed by atoms with Gasteiger partial charge in [0.05, 0.1) is 17.8 Å². The van der Waals surface area contributed by atoms with Gasteiger partial charge in [0.25, 0.3) is 5.91 Å². The summed E-state index contributed by atoms with van der Waals surface area (Å²) in [6, 6.07) is 0. The van der Waals surface area contributed by atoms with Crippen LogP contribution in [0.25, 0.3) is 0 Å². The Kier molecular flexibility index (Phi) is 4.69. The summed E-state index contributed by atoms with van der Waals surface area (Å²) in [6.07, 6.45) is 0.0325. The van der Waals surface area contributed by atoms with Gasteiger partial charge in [0.15, 0.2) is 11.7 Å². The van der Waals surface area contributed by atoms with Gasteiger partial charge in [0.1, 0.15) is 5.76 Å². The lowest BCUT2D eigenvalue weighted by Gasteiger charge is -2.04. The van der Waals surface area contributed by atoms with Crippen LogP contribution in [-0.4, -0.2) is 28.6 Å². The van der Waals surface area contributed by atoms with Crippen molar-refractivity contribution in [3.8, 4) is 0 Å². The lowest BCUT2D eigenvalue weighted by Crippen LogP contribution is -2.21. The van der Waals surface area contributed by atoms with Crippen LogP contribution >= 0.6 is 11.3 Å². The minimum Gasteiger partial charge on any atom is -0.455 e. The molecule has 0 aromatic carbocycles. The summed E-state index contributed by atoms with van der Waals surface area (Å²) in [5.74, 6) is -0.349. The topological polar surface area (TPSA) is 94.3 Å². The molecule has 0 radical (unpaired) electrons. The Morgan fingerprint density at radius 2 is 2.14 bits per heavy atom. The van der Waals surface area contributed by atoms with Gasteiger partial charge in [-0.25, -0.2) is 4.98 Å². The van der Waals surface area contributed by atoms with E-state index in [0.29, 0.717) is 22.1 Å². The highest BCUT2D eigenvalue weighted by atomic mass is 32.1. The van der Waals surface area contributed by atoms with Gasteiger partial charge in [-0.15, -0.1) is 11.3 Å². The summed E-state index contributed by atoms with van der Waals surface area (Å²) in [5, 5.41) is 8.62. The van der Waals surface area contributed by atoms with Gasteiger partial charge in [-0.3, -0.25) is 14.9 Å². The van der Waals surface area contributed by atoms with Gasteiger partial charge in [0.2, 0.25) is 0 Å². The van der Waals surface area contributed by atoms with E-state index in [2.05, 4.69) is 15.5 Å². The van der Waals surface area contributed by atoms with Crippen LogP contribution in [0.5, 0.6) is 0 Å². The molecule has 2 rings (SSSR count). The van der Waals surface area contributed by atoms with Crippen LogP contribution in [0.15, 0.2) is 9.90 Å². The Hall–Kier alpha value is -2.22. The highest BCUT2D eigenvalue weighted by Gasteiger charge is 2.15. The number of amides is 1. The number of aromatic nitrogens is 2.